The van der Waals surface area contributed by atoms with Crippen molar-refractivity contribution in [2.24, 2.45) is 5.92 Å². The summed E-state index contributed by atoms with van der Waals surface area (Å²) in [5.41, 5.74) is 1.52. The fourth-order valence-corrected chi connectivity index (χ4v) is 3.67. The molecule has 0 unspecified atom stereocenters. The topological polar surface area (TPSA) is 37.5 Å². The van der Waals surface area contributed by atoms with Crippen molar-refractivity contribution in [3.8, 4) is 0 Å². The standard InChI is InChI=1S/C15H18Cl2N2O/c16-12-7-11-8-18-9-19(11)15(14(12)17)13(20)6-10-4-2-1-3-5-10/h7-10,13,20H,1-6H2/t13-/m0/s1. The Kier molecular flexibility index (Phi) is 4.20. The number of pyridine rings is 1. The Morgan fingerprint density at radius 3 is 2.80 bits per heavy atom. The van der Waals surface area contributed by atoms with Gasteiger partial charge in [-0.15, -0.1) is 0 Å². The van der Waals surface area contributed by atoms with Crippen LogP contribution in [-0.2, 0) is 0 Å². The highest BCUT2D eigenvalue weighted by Gasteiger charge is 2.23. The molecular weight excluding hydrogens is 295 g/mol. The van der Waals surface area contributed by atoms with Crippen molar-refractivity contribution in [3.63, 3.8) is 0 Å². The molecule has 2 aromatic rings. The van der Waals surface area contributed by atoms with E-state index in [-0.39, 0.29) is 0 Å². The summed E-state index contributed by atoms with van der Waals surface area (Å²) < 4.78 is 1.84. The first-order valence-corrected chi connectivity index (χ1v) is 7.90. The highest BCUT2D eigenvalue weighted by atomic mass is 35.5. The number of rotatable bonds is 3. The molecule has 0 spiro atoms. The van der Waals surface area contributed by atoms with Gasteiger partial charge < -0.3 is 5.11 Å². The fourth-order valence-electron chi connectivity index (χ4n) is 3.19. The van der Waals surface area contributed by atoms with Crippen molar-refractivity contribution < 1.29 is 5.11 Å². The molecule has 108 valence electrons. The molecule has 1 aliphatic carbocycles. The minimum Gasteiger partial charge on any atom is -0.387 e. The number of aromatic nitrogens is 2. The molecule has 5 heteroatoms. The lowest BCUT2D eigenvalue weighted by Gasteiger charge is -2.25. The molecule has 2 heterocycles. The Morgan fingerprint density at radius 1 is 1.30 bits per heavy atom. The molecule has 1 atom stereocenters. The number of fused-ring (bicyclic) bond motifs is 1. The summed E-state index contributed by atoms with van der Waals surface area (Å²) in [5, 5.41) is 11.5. The Balaban J connectivity index is 1.91. The van der Waals surface area contributed by atoms with Gasteiger partial charge >= 0.3 is 0 Å². The quantitative estimate of drug-likeness (QED) is 0.896. The third kappa shape index (κ3) is 2.67. The highest BCUT2D eigenvalue weighted by Crippen LogP contribution is 2.37. The Bertz CT molecular complexity index is 605. The number of hydrogen-bond acceptors (Lipinski definition) is 2. The van der Waals surface area contributed by atoms with Crippen LogP contribution in [0.1, 0.15) is 50.3 Å². The maximum absolute atomic E-state index is 10.6. The first-order chi connectivity index (χ1) is 9.66. The second-order valence-corrected chi connectivity index (χ2v) is 6.42. The number of imidazole rings is 1. The summed E-state index contributed by atoms with van der Waals surface area (Å²) in [7, 11) is 0. The van der Waals surface area contributed by atoms with Crippen LogP contribution in [0.3, 0.4) is 0 Å². The fraction of sp³-hybridized carbons (Fsp3) is 0.533. The van der Waals surface area contributed by atoms with Gasteiger partial charge in [-0.05, 0) is 18.4 Å². The molecule has 1 fully saturated rings. The zero-order valence-corrected chi connectivity index (χ0v) is 12.7. The van der Waals surface area contributed by atoms with E-state index in [1.807, 2.05) is 4.40 Å². The Morgan fingerprint density at radius 2 is 2.05 bits per heavy atom. The van der Waals surface area contributed by atoms with Gasteiger partial charge in [-0.2, -0.15) is 0 Å². The summed E-state index contributed by atoms with van der Waals surface area (Å²) in [5.74, 6) is 0.576. The van der Waals surface area contributed by atoms with Crippen LogP contribution < -0.4 is 0 Å². The molecule has 3 rings (SSSR count). The molecule has 0 aliphatic heterocycles. The number of hydrogen-bond donors (Lipinski definition) is 1. The van der Waals surface area contributed by atoms with Crippen LogP contribution in [0.15, 0.2) is 18.6 Å². The monoisotopic (exact) mass is 312 g/mol. The van der Waals surface area contributed by atoms with Crippen LogP contribution in [0.2, 0.25) is 10.0 Å². The molecule has 0 saturated heterocycles. The normalized spacial score (nSPS) is 18.6. The van der Waals surface area contributed by atoms with Crippen molar-refractivity contribution in [3.05, 3.63) is 34.3 Å². The van der Waals surface area contributed by atoms with E-state index in [1.54, 1.807) is 18.6 Å². The third-order valence-electron chi connectivity index (χ3n) is 4.23. The zero-order valence-electron chi connectivity index (χ0n) is 11.2. The molecule has 1 saturated carbocycles. The summed E-state index contributed by atoms with van der Waals surface area (Å²) in [6, 6.07) is 1.77. The van der Waals surface area contributed by atoms with Gasteiger partial charge in [0.2, 0.25) is 0 Å². The molecule has 2 aromatic heterocycles. The zero-order chi connectivity index (χ0) is 14.1. The van der Waals surface area contributed by atoms with E-state index in [2.05, 4.69) is 4.98 Å². The van der Waals surface area contributed by atoms with Gasteiger partial charge in [0.15, 0.2) is 0 Å². The maximum Gasteiger partial charge on any atom is 0.0995 e. The average Bonchev–Trinajstić information content (AvgIpc) is 2.88. The van der Waals surface area contributed by atoms with E-state index in [9.17, 15) is 5.11 Å². The lowest BCUT2D eigenvalue weighted by Crippen LogP contribution is -2.13. The van der Waals surface area contributed by atoms with Gasteiger partial charge in [0.05, 0.1) is 39.9 Å². The molecule has 1 aliphatic rings. The van der Waals surface area contributed by atoms with Crippen molar-refractivity contribution in [1.82, 2.24) is 9.38 Å². The van der Waals surface area contributed by atoms with Gasteiger partial charge in [0.25, 0.3) is 0 Å². The second-order valence-electron chi connectivity index (χ2n) is 5.64. The van der Waals surface area contributed by atoms with Crippen molar-refractivity contribution >= 4 is 28.7 Å². The SMILES string of the molecule is O[C@@H](CC1CCCCC1)c1c(Cl)c(Cl)cc2cncn12. The van der Waals surface area contributed by atoms with Gasteiger partial charge in [-0.25, -0.2) is 4.98 Å². The van der Waals surface area contributed by atoms with E-state index in [0.29, 0.717) is 21.7 Å². The summed E-state index contributed by atoms with van der Waals surface area (Å²) >= 11 is 12.5. The van der Waals surface area contributed by atoms with Gasteiger partial charge in [-0.3, -0.25) is 4.40 Å². The van der Waals surface area contributed by atoms with Gasteiger partial charge in [0, 0.05) is 0 Å². The van der Waals surface area contributed by atoms with Crippen LogP contribution >= 0.6 is 23.2 Å². The van der Waals surface area contributed by atoms with Gasteiger partial charge in [-0.1, -0.05) is 55.3 Å². The Labute approximate surface area is 128 Å². The molecule has 20 heavy (non-hydrogen) atoms. The molecule has 1 N–H and O–H groups in total. The number of nitrogens with zero attached hydrogens (tertiary/aromatic N) is 2. The molecular formula is C15H18Cl2N2O. The smallest absolute Gasteiger partial charge is 0.0995 e. The van der Waals surface area contributed by atoms with Crippen molar-refractivity contribution in [2.45, 2.75) is 44.6 Å². The second kappa shape index (κ2) is 5.92. The predicted octanol–water partition coefficient (Wildman–Crippen LogP) is 4.64. The molecule has 3 nitrogen and oxygen atoms in total. The van der Waals surface area contributed by atoms with E-state index in [4.69, 9.17) is 23.2 Å². The first-order valence-electron chi connectivity index (χ1n) is 7.15. The summed E-state index contributed by atoms with van der Waals surface area (Å²) in [6.45, 7) is 0. The lowest BCUT2D eigenvalue weighted by atomic mass is 9.85. The van der Waals surface area contributed by atoms with Crippen LogP contribution in [0.25, 0.3) is 5.52 Å². The van der Waals surface area contributed by atoms with Crippen LogP contribution in [0, 0.1) is 5.92 Å². The van der Waals surface area contributed by atoms with Crippen molar-refractivity contribution in [1.29, 1.82) is 0 Å². The van der Waals surface area contributed by atoms with E-state index >= 15 is 0 Å². The van der Waals surface area contributed by atoms with Crippen molar-refractivity contribution in [2.75, 3.05) is 0 Å². The van der Waals surface area contributed by atoms with E-state index in [0.717, 1.165) is 11.9 Å². The molecule has 0 radical (unpaired) electrons. The Hall–Kier alpha value is -0.770. The summed E-state index contributed by atoms with van der Waals surface area (Å²) in [6.07, 6.45) is 9.79. The number of aliphatic hydroxyl groups excluding tert-OH is 1. The molecule has 0 aromatic carbocycles. The number of aliphatic hydroxyl groups is 1. The first kappa shape index (κ1) is 14.2. The molecule has 0 bridgehead atoms. The minimum absolute atomic E-state index is 0.431. The minimum atomic E-state index is -0.596. The van der Waals surface area contributed by atoms with E-state index in [1.165, 1.54) is 32.1 Å². The largest absolute Gasteiger partial charge is 0.387 e. The molecule has 0 amide bonds. The average molecular weight is 313 g/mol. The van der Waals surface area contributed by atoms with Crippen LogP contribution in [0.4, 0.5) is 0 Å². The lowest BCUT2D eigenvalue weighted by molar-refractivity contribution is 0.126. The highest BCUT2D eigenvalue weighted by molar-refractivity contribution is 6.42. The maximum atomic E-state index is 10.6. The number of halogens is 2. The van der Waals surface area contributed by atoms with E-state index < -0.39 is 6.10 Å². The predicted molar refractivity (Wildman–Crippen MR) is 81.4 cm³/mol. The van der Waals surface area contributed by atoms with Crippen LogP contribution in [-0.4, -0.2) is 14.5 Å². The summed E-state index contributed by atoms with van der Waals surface area (Å²) in [4.78, 5) is 4.11. The third-order valence-corrected chi connectivity index (χ3v) is 5.02. The van der Waals surface area contributed by atoms with Crippen LogP contribution in [0.5, 0.6) is 0 Å². The van der Waals surface area contributed by atoms with Gasteiger partial charge in [0.1, 0.15) is 0 Å².